The van der Waals surface area contributed by atoms with Gasteiger partial charge in [-0.3, -0.25) is 9.59 Å². The lowest BCUT2D eigenvalue weighted by Crippen LogP contribution is -2.47. The maximum atomic E-state index is 13.1. The third-order valence-corrected chi connectivity index (χ3v) is 5.26. The normalized spacial score (nSPS) is 11.6. The second kappa shape index (κ2) is 12.8. The van der Waals surface area contributed by atoms with Crippen molar-refractivity contribution >= 4 is 11.8 Å². The van der Waals surface area contributed by atoms with Crippen molar-refractivity contribution in [2.24, 2.45) is 0 Å². The Bertz CT molecular complexity index is 833. The summed E-state index contributed by atoms with van der Waals surface area (Å²) in [6, 6.07) is 15.4. The number of nitrogens with zero attached hydrogens (tertiary/aromatic N) is 1. The quantitative estimate of drug-likeness (QED) is 0.498. The van der Waals surface area contributed by atoms with Crippen LogP contribution in [0.1, 0.15) is 56.2 Å². The summed E-state index contributed by atoms with van der Waals surface area (Å²) >= 11 is 0. The van der Waals surface area contributed by atoms with Gasteiger partial charge in [0.25, 0.3) is 0 Å². The van der Waals surface area contributed by atoms with Crippen LogP contribution in [0.15, 0.2) is 48.5 Å². The Balaban J connectivity index is 1.97. The molecular weight excluding hydrogens is 388 g/mol. The van der Waals surface area contributed by atoms with E-state index in [9.17, 15) is 9.59 Å². The number of carbonyl (C=O) groups is 2. The van der Waals surface area contributed by atoms with Gasteiger partial charge in [0.05, 0.1) is 6.61 Å². The number of hydrogen-bond donors (Lipinski definition) is 1. The number of unbranched alkanes of at least 4 members (excludes halogenated alkanes) is 1. The van der Waals surface area contributed by atoms with E-state index < -0.39 is 6.04 Å². The van der Waals surface area contributed by atoms with Crippen molar-refractivity contribution in [2.75, 3.05) is 13.2 Å². The highest BCUT2D eigenvalue weighted by Crippen LogP contribution is 2.15. The van der Waals surface area contributed by atoms with Gasteiger partial charge in [-0.05, 0) is 51.3 Å². The van der Waals surface area contributed by atoms with E-state index in [0.29, 0.717) is 32.5 Å². The molecule has 0 fully saturated rings. The average molecular weight is 425 g/mol. The molecule has 31 heavy (non-hydrogen) atoms. The Morgan fingerprint density at radius 3 is 2.45 bits per heavy atom. The Morgan fingerprint density at radius 1 is 1.03 bits per heavy atom. The van der Waals surface area contributed by atoms with Gasteiger partial charge in [-0.15, -0.1) is 0 Å². The zero-order chi connectivity index (χ0) is 22.6. The van der Waals surface area contributed by atoms with E-state index in [1.54, 1.807) is 11.8 Å². The van der Waals surface area contributed by atoms with Gasteiger partial charge in [0, 0.05) is 19.5 Å². The molecule has 0 heterocycles. The van der Waals surface area contributed by atoms with Gasteiger partial charge in [-0.2, -0.15) is 0 Å². The first kappa shape index (κ1) is 24.4. The number of benzene rings is 2. The fraction of sp³-hybridized carbons (Fsp3) is 0.462. The zero-order valence-electron chi connectivity index (χ0n) is 19.3. The van der Waals surface area contributed by atoms with E-state index in [1.807, 2.05) is 56.3 Å². The number of aryl methyl sites for hydroxylation is 2. The molecule has 1 N–H and O–H groups in total. The van der Waals surface area contributed by atoms with E-state index in [2.05, 4.69) is 18.3 Å². The highest BCUT2D eigenvalue weighted by Gasteiger charge is 2.25. The van der Waals surface area contributed by atoms with Crippen molar-refractivity contribution in [1.82, 2.24) is 10.2 Å². The summed E-state index contributed by atoms with van der Waals surface area (Å²) in [5.74, 6) is 0.663. The molecule has 2 aromatic rings. The van der Waals surface area contributed by atoms with Crippen LogP contribution in [0, 0.1) is 13.8 Å². The average Bonchev–Trinajstić information content (AvgIpc) is 2.76. The van der Waals surface area contributed by atoms with Gasteiger partial charge in [0.15, 0.2) is 0 Å². The predicted octanol–water partition coefficient (Wildman–Crippen LogP) is 4.80. The second-order valence-electron chi connectivity index (χ2n) is 8.10. The van der Waals surface area contributed by atoms with Gasteiger partial charge in [0.2, 0.25) is 11.8 Å². The Kier molecular flexibility index (Phi) is 10.1. The Morgan fingerprint density at radius 2 is 1.77 bits per heavy atom. The van der Waals surface area contributed by atoms with Crippen molar-refractivity contribution in [3.63, 3.8) is 0 Å². The number of ether oxygens (including phenoxy) is 1. The summed E-state index contributed by atoms with van der Waals surface area (Å²) in [6.07, 6.45) is 2.88. The lowest BCUT2D eigenvalue weighted by atomic mass is 10.1. The fourth-order valence-electron chi connectivity index (χ4n) is 3.32. The van der Waals surface area contributed by atoms with Gasteiger partial charge in [0.1, 0.15) is 11.8 Å². The van der Waals surface area contributed by atoms with Crippen LogP contribution >= 0.6 is 0 Å². The predicted molar refractivity (Wildman–Crippen MR) is 125 cm³/mol. The third-order valence-electron chi connectivity index (χ3n) is 5.26. The van der Waals surface area contributed by atoms with E-state index in [4.69, 9.17) is 4.74 Å². The SMILES string of the molecule is CCCCNC(=O)C(C)N(Cc1cccc(C)c1)C(=O)CCCOc1ccc(C)cc1. The molecule has 0 radical (unpaired) electrons. The lowest BCUT2D eigenvalue weighted by molar-refractivity contribution is -0.140. The summed E-state index contributed by atoms with van der Waals surface area (Å²) < 4.78 is 5.75. The maximum absolute atomic E-state index is 13.1. The minimum absolute atomic E-state index is 0.0350. The summed E-state index contributed by atoms with van der Waals surface area (Å²) in [5.41, 5.74) is 3.34. The number of nitrogens with one attached hydrogen (secondary N) is 1. The molecule has 2 rings (SSSR count). The second-order valence-corrected chi connectivity index (χ2v) is 8.10. The number of carbonyl (C=O) groups excluding carboxylic acids is 2. The van der Waals surface area contributed by atoms with Gasteiger partial charge in [-0.1, -0.05) is 60.9 Å². The lowest BCUT2D eigenvalue weighted by Gasteiger charge is -2.29. The standard InChI is InChI=1S/C26H36N2O3/c1-5-6-16-27-26(30)22(4)28(19-23-10-7-9-21(3)18-23)25(29)11-8-17-31-24-14-12-20(2)13-15-24/h7,9-10,12-15,18,22H,5-6,8,11,16-17,19H2,1-4H3,(H,27,30). The topological polar surface area (TPSA) is 58.6 Å². The molecule has 0 saturated carbocycles. The molecule has 0 aliphatic carbocycles. The van der Waals surface area contributed by atoms with Crippen LogP contribution in [-0.2, 0) is 16.1 Å². The van der Waals surface area contributed by atoms with Gasteiger partial charge < -0.3 is 15.0 Å². The van der Waals surface area contributed by atoms with Crippen LogP contribution in [0.25, 0.3) is 0 Å². The molecule has 0 spiro atoms. The minimum atomic E-state index is -0.525. The monoisotopic (exact) mass is 424 g/mol. The largest absolute Gasteiger partial charge is 0.494 e. The smallest absolute Gasteiger partial charge is 0.242 e. The highest BCUT2D eigenvalue weighted by atomic mass is 16.5. The molecule has 1 atom stereocenters. The first-order valence-corrected chi connectivity index (χ1v) is 11.2. The summed E-state index contributed by atoms with van der Waals surface area (Å²) in [4.78, 5) is 27.4. The van der Waals surface area contributed by atoms with E-state index in [0.717, 1.165) is 29.7 Å². The molecule has 2 aromatic carbocycles. The molecule has 1 unspecified atom stereocenters. The van der Waals surface area contributed by atoms with Crippen molar-refractivity contribution in [1.29, 1.82) is 0 Å². The Labute approximate surface area is 186 Å². The van der Waals surface area contributed by atoms with Crippen molar-refractivity contribution in [3.05, 3.63) is 65.2 Å². The molecule has 0 bridgehead atoms. The number of hydrogen-bond acceptors (Lipinski definition) is 3. The molecule has 5 nitrogen and oxygen atoms in total. The molecule has 0 saturated heterocycles. The third kappa shape index (κ3) is 8.44. The van der Waals surface area contributed by atoms with Crippen molar-refractivity contribution in [2.45, 2.75) is 66.0 Å². The highest BCUT2D eigenvalue weighted by molar-refractivity contribution is 5.87. The summed E-state index contributed by atoms with van der Waals surface area (Å²) in [7, 11) is 0. The summed E-state index contributed by atoms with van der Waals surface area (Å²) in [6.45, 7) is 9.46. The van der Waals surface area contributed by atoms with Crippen molar-refractivity contribution < 1.29 is 14.3 Å². The molecule has 0 aromatic heterocycles. The fourth-order valence-corrected chi connectivity index (χ4v) is 3.32. The van der Waals surface area contributed by atoms with E-state index in [1.165, 1.54) is 5.56 Å². The first-order valence-electron chi connectivity index (χ1n) is 11.2. The van der Waals surface area contributed by atoms with E-state index in [-0.39, 0.29) is 11.8 Å². The van der Waals surface area contributed by atoms with Crippen LogP contribution < -0.4 is 10.1 Å². The van der Waals surface area contributed by atoms with Gasteiger partial charge in [-0.25, -0.2) is 0 Å². The zero-order valence-corrected chi connectivity index (χ0v) is 19.3. The van der Waals surface area contributed by atoms with Crippen LogP contribution in [0.5, 0.6) is 5.75 Å². The molecule has 2 amide bonds. The Hall–Kier alpha value is -2.82. The molecule has 0 aliphatic heterocycles. The number of amides is 2. The molecule has 5 heteroatoms. The molecular formula is C26H36N2O3. The maximum Gasteiger partial charge on any atom is 0.242 e. The van der Waals surface area contributed by atoms with E-state index >= 15 is 0 Å². The number of rotatable bonds is 12. The molecule has 168 valence electrons. The van der Waals surface area contributed by atoms with Crippen LogP contribution in [0.2, 0.25) is 0 Å². The van der Waals surface area contributed by atoms with Crippen molar-refractivity contribution in [3.8, 4) is 5.75 Å². The van der Waals surface area contributed by atoms with Crippen LogP contribution in [0.4, 0.5) is 0 Å². The van der Waals surface area contributed by atoms with Crippen LogP contribution in [-0.4, -0.2) is 35.9 Å². The molecule has 0 aliphatic rings. The minimum Gasteiger partial charge on any atom is -0.494 e. The van der Waals surface area contributed by atoms with Crippen LogP contribution in [0.3, 0.4) is 0 Å². The summed E-state index contributed by atoms with van der Waals surface area (Å²) in [5, 5.41) is 2.95. The van der Waals surface area contributed by atoms with Gasteiger partial charge >= 0.3 is 0 Å². The first-order chi connectivity index (χ1) is 14.9.